The summed E-state index contributed by atoms with van der Waals surface area (Å²) >= 11 is 1.24. The van der Waals surface area contributed by atoms with Crippen molar-refractivity contribution in [1.29, 1.82) is 0 Å². The molecule has 2 aliphatic rings. The molecular weight excluding hydrogens is 296 g/mol. The Kier molecular flexibility index (Phi) is 7.07. The van der Waals surface area contributed by atoms with E-state index in [1.165, 1.54) is 72.7 Å². The van der Waals surface area contributed by atoms with Crippen LogP contribution in [-0.4, -0.2) is 0 Å². The number of rotatable bonds is 9. The maximum absolute atomic E-state index is 2.53. The standard InChI is InChI=1S/C13H21.C7H9.Fe/c1-3-5-8-12-10-7-11-13(12)9-6-4-2;1-2-7-5-3-4-6-7;/h10H,3-9H2,1-2H3;3,5H,2,4H2,1H3;. The van der Waals surface area contributed by atoms with E-state index in [-0.39, 0.29) is 0 Å². The van der Waals surface area contributed by atoms with Gasteiger partial charge in [-0.3, -0.25) is 0 Å². The second kappa shape index (κ2) is 8.81. The molecule has 21 heavy (non-hydrogen) atoms. The molecule has 0 saturated heterocycles. The summed E-state index contributed by atoms with van der Waals surface area (Å²) in [5, 5.41) is 0. The summed E-state index contributed by atoms with van der Waals surface area (Å²) < 4.78 is 3.42. The van der Waals surface area contributed by atoms with Crippen LogP contribution >= 0.6 is 0 Å². The fourth-order valence-electron chi connectivity index (χ4n) is 3.03. The van der Waals surface area contributed by atoms with Gasteiger partial charge in [-0.15, -0.1) is 0 Å². The molecule has 0 aromatic carbocycles. The Morgan fingerprint density at radius 3 is 2.43 bits per heavy atom. The summed E-state index contributed by atoms with van der Waals surface area (Å²) in [5.41, 5.74) is 5.02. The molecule has 0 aliphatic heterocycles. The predicted octanol–water partition coefficient (Wildman–Crippen LogP) is 6.66. The van der Waals surface area contributed by atoms with Crippen molar-refractivity contribution in [3.05, 3.63) is 43.9 Å². The van der Waals surface area contributed by atoms with Crippen LogP contribution in [0.2, 0.25) is 0 Å². The Balaban J connectivity index is 2.10. The van der Waals surface area contributed by atoms with Gasteiger partial charge in [0.15, 0.2) is 0 Å². The second-order valence-electron chi connectivity index (χ2n) is 5.97. The number of hydrogen-bond donors (Lipinski definition) is 0. The van der Waals surface area contributed by atoms with Crippen LogP contribution in [0.5, 0.6) is 0 Å². The van der Waals surface area contributed by atoms with Crippen molar-refractivity contribution in [1.82, 2.24) is 0 Å². The SMILES string of the molecule is CCCCC1=CC[C]([Fe][C]2=C(CC)C=CC2)=C1CCCC. The van der Waals surface area contributed by atoms with Crippen molar-refractivity contribution in [3.8, 4) is 0 Å². The molecule has 2 rings (SSSR count). The molecular formula is C20H30Fe. The quantitative estimate of drug-likeness (QED) is 0.416. The molecule has 0 N–H and O–H groups in total. The van der Waals surface area contributed by atoms with Gasteiger partial charge in [-0.1, -0.05) is 0 Å². The summed E-state index contributed by atoms with van der Waals surface area (Å²) in [6.45, 7) is 6.90. The first-order valence-electron chi connectivity index (χ1n) is 8.72. The summed E-state index contributed by atoms with van der Waals surface area (Å²) in [5.74, 6) is 0. The Morgan fingerprint density at radius 1 is 0.952 bits per heavy atom. The molecule has 0 unspecified atom stereocenters. The molecule has 2 aliphatic carbocycles. The van der Waals surface area contributed by atoms with Crippen LogP contribution in [0.15, 0.2) is 43.9 Å². The first-order chi connectivity index (χ1) is 10.3. The van der Waals surface area contributed by atoms with E-state index < -0.39 is 0 Å². The Bertz CT molecular complexity index is 474. The predicted molar refractivity (Wildman–Crippen MR) is 89.9 cm³/mol. The molecule has 118 valence electrons. The van der Waals surface area contributed by atoms with Crippen LogP contribution in [0.3, 0.4) is 0 Å². The molecule has 0 saturated carbocycles. The zero-order chi connectivity index (χ0) is 15.1. The van der Waals surface area contributed by atoms with Gasteiger partial charge in [-0.2, -0.15) is 0 Å². The maximum atomic E-state index is 2.53. The van der Waals surface area contributed by atoms with E-state index >= 15 is 0 Å². The van der Waals surface area contributed by atoms with Crippen molar-refractivity contribution in [3.63, 3.8) is 0 Å². The van der Waals surface area contributed by atoms with Crippen molar-refractivity contribution in [2.75, 3.05) is 0 Å². The summed E-state index contributed by atoms with van der Waals surface area (Å²) in [4.78, 5) is 0. The monoisotopic (exact) mass is 326 g/mol. The van der Waals surface area contributed by atoms with E-state index in [0.717, 1.165) is 0 Å². The van der Waals surface area contributed by atoms with Crippen LogP contribution in [0.4, 0.5) is 0 Å². The Hall–Kier alpha value is -0.521. The molecule has 0 bridgehead atoms. The van der Waals surface area contributed by atoms with Crippen LogP contribution in [0.25, 0.3) is 0 Å². The molecule has 0 radical (unpaired) electrons. The topological polar surface area (TPSA) is 0 Å². The van der Waals surface area contributed by atoms with Crippen molar-refractivity contribution in [2.24, 2.45) is 0 Å². The molecule has 0 aromatic heterocycles. The van der Waals surface area contributed by atoms with Gasteiger partial charge in [0, 0.05) is 0 Å². The molecule has 0 amide bonds. The normalized spacial score (nSPS) is 18.3. The summed E-state index contributed by atoms with van der Waals surface area (Å²) in [7, 11) is 0. The van der Waals surface area contributed by atoms with E-state index in [4.69, 9.17) is 0 Å². The van der Waals surface area contributed by atoms with Crippen molar-refractivity contribution in [2.45, 2.75) is 78.6 Å². The fraction of sp³-hybridized carbons (Fsp3) is 0.600. The molecule has 1 heteroatoms. The van der Waals surface area contributed by atoms with Crippen LogP contribution in [0, 0.1) is 0 Å². The molecule has 0 aromatic rings. The van der Waals surface area contributed by atoms with Gasteiger partial charge in [-0.05, 0) is 0 Å². The Morgan fingerprint density at radius 2 is 1.71 bits per heavy atom. The summed E-state index contributed by atoms with van der Waals surface area (Å²) in [6, 6.07) is 0. The average molecular weight is 326 g/mol. The van der Waals surface area contributed by atoms with Gasteiger partial charge in [0.25, 0.3) is 0 Å². The molecule has 0 nitrogen and oxygen atoms in total. The van der Waals surface area contributed by atoms with E-state index in [1.54, 1.807) is 25.7 Å². The van der Waals surface area contributed by atoms with Gasteiger partial charge in [-0.25, -0.2) is 0 Å². The van der Waals surface area contributed by atoms with E-state index in [9.17, 15) is 0 Å². The first kappa shape index (κ1) is 16.8. The van der Waals surface area contributed by atoms with E-state index in [0.29, 0.717) is 0 Å². The van der Waals surface area contributed by atoms with Gasteiger partial charge < -0.3 is 0 Å². The first-order valence-corrected chi connectivity index (χ1v) is 9.82. The summed E-state index contributed by atoms with van der Waals surface area (Å²) in [6.07, 6.45) is 18.8. The van der Waals surface area contributed by atoms with Crippen molar-refractivity contribution < 1.29 is 15.0 Å². The minimum absolute atomic E-state index is 1.19. The van der Waals surface area contributed by atoms with Gasteiger partial charge in [0.05, 0.1) is 0 Å². The van der Waals surface area contributed by atoms with E-state index in [1.807, 2.05) is 0 Å². The van der Waals surface area contributed by atoms with Gasteiger partial charge in [0.1, 0.15) is 0 Å². The molecule has 0 atom stereocenters. The second-order valence-corrected chi connectivity index (χ2v) is 7.58. The van der Waals surface area contributed by atoms with Crippen LogP contribution < -0.4 is 0 Å². The van der Waals surface area contributed by atoms with Crippen LogP contribution in [0.1, 0.15) is 78.6 Å². The number of hydrogen-bond acceptors (Lipinski definition) is 0. The van der Waals surface area contributed by atoms with Gasteiger partial charge in [0.2, 0.25) is 0 Å². The van der Waals surface area contributed by atoms with Crippen LogP contribution in [-0.2, 0) is 15.0 Å². The van der Waals surface area contributed by atoms with Gasteiger partial charge >= 0.3 is 137 Å². The third kappa shape index (κ3) is 4.47. The van der Waals surface area contributed by atoms with Crippen molar-refractivity contribution >= 4 is 0 Å². The number of allylic oxidation sites excluding steroid dienone is 8. The Labute approximate surface area is 137 Å². The number of unbranched alkanes of at least 4 members (excludes halogenated alkanes) is 2. The third-order valence-corrected chi connectivity index (χ3v) is 6.16. The zero-order valence-electron chi connectivity index (χ0n) is 13.9. The molecule has 0 spiro atoms. The molecule has 0 heterocycles. The van der Waals surface area contributed by atoms with E-state index in [2.05, 4.69) is 39.0 Å². The fourth-order valence-corrected chi connectivity index (χ4v) is 4.85. The third-order valence-electron chi connectivity index (χ3n) is 4.36. The zero-order valence-corrected chi connectivity index (χ0v) is 15.1. The minimum atomic E-state index is 1.19. The average Bonchev–Trinajstić information content (AvgIpc) is 3.10. The molecule has 0 fully saturated rings.